The molecule has 0 saturated carbocycles. The molecule has 0 saturated heterocycles. The Kier molecular flexibility index (Phi) is 6.90. The summed E-state index contributed by atoms with van der Waals surface area (Å²) in [5, 5.41) is 7.06. The minimum Gasteiger partial charge on any atom is -0.481 e. The molecule has 1 amide bonds. The molecule has 3 aromatic carbocycles. The van der Waals surface area contributed by atoms with Gasteiger partial charge in [0.15, 0.2) is 12.4 Å². The largest absolute Gasteiger partial charge is 0.481 e. The lowest BCUT2D eigenvalue weighted by molar-refractivity contribution is -0.118. The summed E-state index contributed by atoms with van der Waals surface area (Å²) in [6, 6.07) is 15.0. The van der Waals surface area contributed by atoms with Gasteiger partial charge in [-0.15, -0.1) is 4.68 Å². The maximum atomic E-state index is 13.0. The lowest BCUT2D eigenvalue weighted by Crippen LogP contribution is -2.32. The third kappa shape index (κ3) is 5.24. The van der Waals surface area contributed by atoms with E-state index in [9.17, 15) is 18.8 Å². The minimum atomic E-state index is -0.683. The zero-order valence-electron chi connectivity index (χ0n) is 17.2. The second kappa shape index (κ2) is 10.0. The smallest absolute Gasteiger partial charge is 0.349 e. The normalized spacial score (nSPS) is 11.1. The molecule has 0 aliphatic heterocycles. The van der Waals surface area contributed by atoms with Crippen LogP contribution in [0, 0.1) is 5.82 Å². The van der Waals surface area contributed by atoms with Gasteiger partial charge in [0, 0.05) is 5.69 Å². The number of H-pyrrole nitrogens is 1. The molecule has 0 bridgehead atoms. The van der Waals surface area contributed by atoms with Gasteiger partial charge in [0.25, 0.3) is 11.5 Å². The van der Waals surface area contributed by atoms with E-state index in [0.717, 1.165) is 0 Å². The second-order valence-corrected chi connectivity index (χ2v) is 8.26. The maximum Gasteiger partial charge on any atom is 0.349 e. The van der Waals surface area contributed by atoms with Crippen molar-refractivity contribution in [3.8, 4) is 5.75 Å². The van der Waals surface area contributed by atoms with Crippen LogP contribution in [-0.4, -0.2) is 28.4 Å². The minimum absolute atomic E-state index is 0.171. The van der Waals surface area contributed by atoms with E-state index in [4.69, 9.17) is 16.3 Å². The summed E-state index contributed by atoms with van der Waals surface area (Å²) in [7, 11) is 0. The molecule has 0 atom stereocenters. The number of nitrogens with one attached hydrogen (secondary N) is 2. The monoisotopic (exact) mass is 544 g/mol. The van der Waals surface area contributed by atoms with Crippen LogP contribution in [0.5, 0.6) is 5.75 Å². The quantitative estimate of drug-likeness (QED) is 0.355. The van der Waals surface area contributed by atoms with Gasteiger partial charge in [-0.2, -0.15) is 5.10 Å². The number of hydrogen-bond acceptors (Lipinski definition) is 5. The summed E-state index contributed by atoms with van der Waals surface area (Å²) < 4.78 is 19.6. The van der Waals surface area contributed by atoms with Crippen molar-refractivity contribution >= 4 is 56.2 Å². The van der Waals surface area contributed by atoms with Gasteiger partial charge in [0.2, 0.25) is 0 Å². The van der Waals surface area contributed by atoms with Crippen molar-refractivity contribution in [3.63, 3.8) is 0 Å². The maximum absolute atomic E-state index is 13.0. The Labute approximate surface area is 204 Å². The molecule has 0 spiro atoms. The molecule has 0 radical (unpaired) electrons. The number of rotatable bonds is 6. The molecular weight excluding hydrogens is 531 g/mol. The Bertz CT molecular complexity index is 1510. The highest BCUT2D eigenvalue weighted by molar-refractivity contribution is 9.10. The number of carbonyl (C=O) groups excluding carboxylic acids is 1. The Morgan fingerprint density at radius 1 is 1.18 bits per heavy atom. The molecule has 0 aliphatic rings. The number of carbonyl (C=O) groups is 1. The molecular formula is C23H15BrClFN4O4. The van der Waals surface area contributed by atoms with E-state index in [1.54, 1.807) is 30.3 Å². The van der Waals surface area contributed by atoms with Gasteiger partial charge in [0.05, 0.1) is 26.6 Å². The van der Waals surface area contributed by atoms with Gasteiger partial charge in [0.1, 0.15) is 5.82 Å². The first kappa shape index (κ1) is 23.4. The van der Waals surface area contributed by atoms with E-state index in [1.165, 1.54) is 36.5 Å². The average Bonchev–Trinajstić information content (AvgIpc) is 2.80. The summed E-state index contributed by atoms with van der Waals surface area (Å²) >= 11 is 9.62. The fourth-order valence-corrected chi connectivity index (χ4v) is 4.03. The predicted octanol–water partition coefficient (Wildman–Crippen LogP) is 4.14. The van der Waals surface area contributed by atoms with Crippen LogP contribution < -0.4 is 21.3 Å². The highest BCUT2D eigenvalue weighted by Crippen LogP contribution is 2.34. The van der Waals surface area contributed by atoms with Crippen molar-refractivity contribution in [2.45, 2.75) is 0 Å². The number of benzene rings is 3. The van der Waals surface area contributed by atoms with Crippen molar-refractivity contribution in [1.82, 2.24) is 9.66 Å². The predicted molar refractivity (Wildman–Crippen MR) is 131 cm³/mol. The molecule has 0 fully saturated rings. The van der Waals surface area contributed by atoms with Crippen molar-refractivity contribution in [1.29, 1.82) is 0 Å². The van der Waals surface area contributed by atoms with Gasteiger partial charge in [-0.25, -0.2) is 9.18 Å². The third-order valence-corrected chi connectivity index (χ3v) is 5.47. The summed E-state index contributed by atoms with van der Waals surface area (Å²) in [6.45, 7) is -0.342. The molecule has 34 heavy (non-hydrogen) atoms. The molecule has 0 unspecified atom stereocenters. The number of hydrogen-bond donors (Lipinski definition) is 2. The molecule has 8 nitrogen and oxygen atoms in total. The van der Waals surface area contributed by atoms with Crippen LogP contribution in [0.3, 0.4) is 0 Å². The molecule has 1 aromatic heterocycles. The number of halogens is 3. The van der Waals surface area contributed by atoms with Gasteiger partial charge in [-0.3, -0.25) is 9.59 Å². The summed E-state index contributed by atoms with van der Waals surface area (Å²) in [4.78, 5) is 39.5. The first-order chi connectivity index (χ1) is 16.3. The number of amides is 1. The highest BCUT2D eigenvalue weighted by atomic mass is 79.9. The SMILES string of the molecule is O=C(COc1c(Cl)cc(C=Nn2c(=O)[nH]c3ccccc3c2=O)cc1Br)Nc1ccc(F)cc1. The van der Waals surface area contributed by atoms with Crippen molar-refractivity contribution < 1.29 is 13.9 Å². The van der Waals surface area contributed by atoms with Crippen molar-refractivity contribution in [3.05, 3.63) is 102 Å². The molecule has 4 rings (SSSR count). The molecule has 2 N–H and O–H groups in total. The fraction of sp³-hybridized carbons (Fsp3) is 0.0435. The van der Waals surface area contributed by atoms with Gasteiger partial charge < -0.3 is 15.0 Å². The van der Waals surface area contributed by atoms with Crippen LogP contribution >= 0.6 is 27.5 Å². The van der Waals surface area contributed by atoms with Crippen LogP contribution in [0.25, 0.3) is 10.9 Å². The number of aromatic amines is 1. The van der Waals surface area contributed by atoms with E-state index < -0.39 is 23.0 Å². The number of ether oxygens (including phenoxy) is 1. The van der Waals surface area contributed by atoms with Gasteiger partial charge in [-0.1, -0.05) is 23.7 Å². The number of para-hydroxylation sites is 1. The van der Waals surface area contributed by atoms with Gasteiger partial charge >= 0.3 is 5.69 Å². The van der Waals surface area contributed by atoms with Crippen LogP contribution in [0.1, 0.15) is 5.56 Å². The van der Waals surface area contributed by atoms with Crippen LogP contribution in [-0.2, 0) is 4.79 Å². The van der Waals surface area contributed by atoms with E-state index in [2.05, 4.69) is 31.3 Å². The number of anilines is 1. The first-order valence-electron chi connectivity index (χ1n) is 9.77. The van der Waals surface area contributed by atoms with Crippen LogP contribution in [0.4, 0.5) is 10.1 Å². The summed E-state index contributed by atoms with van der Waals surface area (Å²) in [5.41, 5.74) is 0.0647. The van der Waals surface area contributed by atoms with E-state index in [0.29, 0.717) is 31.3 Å². The Hall–Kier alpha value is -3.76. The summed E-state index contributed by atoms with van der Waals surface area (Å²) in [5.74, 6) is -0.660. The summed E-state index contributed by atoms with van der Waals surface area (Å²) in [6.07, 6.45) is 1.30. The number of fused-ring (bicyclic) bond motifs is 1. The topological polar surface area (TPSA) is 106 Å². The van der Waals surface area contributed by atoms with E-state index >= 15 is 0 Å². The number of aromatic nitrogens is 2. The Balaban J connectivity index is 1.49. The fourth-order valence-electron chi connectivity index (χ4n) is 3.04. The molecule has 1 heterocycles. The third-order valence-electron chi connectivity index (χ3n) is 4.60. The van der Waals surface area contributed by atoms with Gasteiger partial charge in [-0.05, 0) is 70.0 Å². The van der Waals surface area contributed by atoms with E-state index in [1.807, 2.05) is 0 Å². The standard InChI is InChI=1S/C23H15BrClFN4O4/c24-17-9-13(11-27-30-22(32)16-3-1-2-4-19(16)29-23(30)33)10-18(25)21(17)34-12-20(31)28-15-7-5-14(26)6-8-15/h1-11H,12H2,(H,28,31)(H,29,33). The zero-order chi connectivity index (χ0) is 24.2. The molecule has 0 aliphatic carbocycles. The second-order valence-electron chi connectivity index (χ2n) is 6.99. The molecule has 11 heteroatoms. The van der Waals surface area contributed by atoms with Crippen molar-refractivity contribution in [2.75, 3.05) is 11.9 Å². The zero-order valence-corrected chi connectivity index (χ0v) is 19.6. The first-order valence-corrected chi connectivity index (χ1v) is 10.9. The Morgan fingerprint density at radius 2 is 1.91 bits per heavy atom. The molecule has 172 valence electrons. The number of nitrogens with zero attached hydrogens (tertiary/aromatic N) is 2. The highest BCUT2D eigenvalue weighted by Gasteiger charge is 2.12. The molecule has 4 aromatic rings. The lowest BCUT2D eigenvalue weighted by Gasteiger charge is -2.11. The average molecular weight is 546 g/mol. The van der Waals surface area contributed by atoms with Crippen LogP contribution in [0.15, 0.2) is 79.8 Å². The van der Waals surface area contributed by atoms with Crippen molar-refractivity contribution in [2.24, 2.45) is 5.10 Å². The lowest BCUT2D eigenvalue weighted by atomic mass is 10.2. The Morgan fingerprint density at radius 3 is 2.65 bits per heavy atom. The van der Waals surface area contributed by atoms with E-state index in [-0.39, 0.29) is 17.4 Å². The van der Waals surface area contributed by atoms with Crippen LogP contribution in [0.2, 0.25) is 5.02 Å².